The van der Waals surface area contributed by atoms with Crippen molar-refractivity contribution in [1.82, 2.24) is 5.48 Å². The molecular weight excluding hydrogens is 298 g/mol. The third-order valence-corrected chi connectivity index (χ3v) is 5.17. The van der Waals surface area contributed by atoms with Gasteiger partial charge in [-0.2, -0.15) is 5.48 Å². The normalized spacial score (nSPS) is 20.8. The maximum absolute atomic E-state index is 6.21. The Morgan fingerprint density at radius 2 is 1.58 bits per heavy atom. The predicted molar refractivity (Wildman–Crippen MR) is 101 cm³/mol. The molecule has 3 rings (SSSR count). The number of hydrogen-bond donors (Lipinski definition) is 3. The van der Waals surface area contributed by atoms with Gasteiger partial charge in [0.25, 0.3) is 0 Å². The van der Waals surface area contributed by atoms with E-state index in [1.165, 1.54) is 31.2 Å². The van der Waals surface area contributed by atoms with Crippen LogP contribution in [0.1, 0.15) is 44.1 Å². The highest BCUT2D eigenvalue weighted by molar-refractivity contribution is 5.87. The van der Waals surface area contributed by atoms with Gasteiger partial charge < -0.3 is 16.3 Å². The number of benzene rings is 2. The molecule has 2 aromatic rings. The topological polar surface area (TPSA) is 73.3 Å². The van der Waals surface area contributed by atoms with Crippen molar-refractivity contribution >= 4 is 11.4 Å². The highest BCUT2D eigenvalue weighted by atomic mass is 16.6. The molecule has 2 aromatic carbocycles. The van der Waals surface area contributed by atoms with Crippen LogP contribution in [0.2, 0.25) is 0 Å². The molecule has 4 heteroatoms. The third-order valence-electron chi connectivity index (χ3n) is 5.17. The van der Waals surface area contributed by atoms with Crippen molar-refractivity contribution < 1.29 is 4.84 Å². The second-order valence-corrected chi connectivity index (χ2v) is 6.82. The molecule has 0 bridgehead atoms. The molecule has 1 aliphatic carbocycles. The van der Waals surface area contributed by atoms with Crippen molar-refractivity contribution in [2.45, 2.75) is 38.5 Å². The minimum absolute atomic E-state index is 0.465. The average molecular weight is 325 g/mol. The Hall–Kier alpha value is -2.20. The molecule has 0 radical (unpaired) electrons. The number of nitrogen functional groups attached to an aromatic ring is 2. The first-order valence-corrected chi connectivity index (χ1v) is 8.72. The molecule has 0 heterocycles. The number of nitrogens with one attached hydrogen (secondary N) is 1. The van der Waals surface area contributed by atoms with Crippen molar-refractivity contribution in [3.8, 4) is 16.9 Å². The molecule has 0 unspecified atom stereocenters. The summed E-state index contributed by atoms with van der Waals surface area (Å²) in [6.45, 7) is 2.36. The second kappa shape index (κ2) is 7.14. The molecular formula is C20H27N3O. The first kappa shape index (κ1) is 16.7. The van der Waals surface area contributed by atoms with E-state index in [9.17, 15) is 0 Å². The predicted octanol–water partition coefficient (Wildman–Crippen LogP) is 4.32. The first-order chi connectivity index (χ1) is 11.6. The van der Waals surface area contributed by atoms with E-state index in [4.69, 9.17) is 16.3 Å². The summed E-state index contributed by atoms with van der Waals surface area (Å²) in [5.74, 6) is 2.12. The van der Waals surface area contributed by atoms with E-state index in [0.29, 0.717) is 23.0 Å². The molecule has 128 valence electrons. The molecule has 0 spiro atoms. The Labute approximate surface area is 144 Å². The lowest BCUT2D eigenvalue weighted by atomic mass is 9.79. The molecule has 1 fully saturated rings. The quantitative estimate of drug-likeness (QED) is 0.578. The summed E-state index contributed by atoms with van der Waals surface area (Å²) in [7, 11) is 1.69. The van der Waals surface area contributed by atoms with Crippen molar-refractivity contribution in [3.63, 3.8) is 0 Å². The van der Waals surface area contributed by atoms with Gasteiger partial charge in [-0.15, -0.1) is 0 Å². The highest BCUT2D eigenvalue weighted by Crippen LogP contribution is 2.39. The van der Waals surface area contributed by atoms with E-state index in [1.54, 1.807) is 7.05 Å². The van der Waals surface area contributed by atoms with Gasteiger partial charge in [-0.1, -0.05) is 44.0 Å². The molecule has 5 N–H and O–H groups in total. The summed E-state index contributed by atoms with van der Waals surface area (Å²) in [5.41, 5.74) is 19.4. The summed E-state index contributed by atoms with van der Waals surface area (Å²) in [4.78, 5) is 5.26. The van der Waals surface area contributed by atoms with Crippen molar-refractivity contribution in [3.05, 3.63) is 42.0 Å². The lowest BCUT2D eigenvalue weighted by Crippen LogP contribution is -2.13. The minimum atomic E-state index is 0.465. The van der Waals surface area contributed by atoms with Crippen LogP contribution in [0.25, 0.3) is 11.1 Å². The van der Waals surface area contributed by atoms with Crippen LogP contribution in [-0.4, -0.2) is 7.05 Å². The molecule has 0 aromatic heterocycles. The molecule has 0 aliphatic heterocycles. The molecule has 0 amide bonds. The summed E-state index contributed by atoms with van der Waals surface area (Å²) >= 11 is 0. The maximum Gasteiger partial charge on any atom is 0.172 e. The largest absolute Gasteiger partial charge is 0.407 e. The molecule has 0 atom stereocenters. The SMILES string of the molecule is CNOc1ccc(-c2ccc(C3CCC(C)CC3)cc2)c(N)c1N. The molecule has 24 heavy (non-hydrogen) atoms. The van der Waals surface area contributed by atoms with E-state index < -0.39 is 0 Å². The van der Waals surface area contributed by atoms with Gasteiger partial charge in [-0.3, -0.25) is 0 Å². The lowest BCUT2D eigenvalue weighted by Gasteiger charge is -2.26. The van der Waals surface area contributed by atoms with E-state index >= 15 is 0 Å². The van der Waals surface area contributed by atoms with Crippen LogP contribution in [0.5, 0.6) is 5.75 Å². The zero-order valence-electron chi connectivity index (χ0n) is 14.5. The van der Waals surface area contributed by atoms with Crippen LogP contribution in [-0.2, 0) is 0 Å². The number of hydrogen-bond acceptors (Lipinski definition) is 4. The van der Waals surface area contributed by atoms with Crippen LogP contribution in [0.4, 0.5) is 11.4 Å². The lowest BCUT2D eigenvalue weighted by molar-refractivity contribution is 0.225. The fraction of sp³-hybridized carbons (Fsp3) is 0.400. The van der Waals surface area contributed by atoms with Crippen LogP contribution in [0.3, 0.4) is 0 Å². The highest BCUT2D eigenvalue weighted by Gasteiger charge is 2.19. The van der Waals surface area contributed by atoms with Gasteiger partial charge in [0.15, 0.2) is 5.75 Å². The van der Waals surface area contributed by atoms with E-state index in [-0.39, 0.29) is 0 Å². The Kier molecular flexibility index (Phi) is 4.95. The zero-order chi connectivity index (χ0) is 17.1. The average Bonchev–Trinajstić information content (AvgIpc) is 2.60. The van der Waals surface area contributed by atoms with Crippen LogP contribution in [0.15, 0.2) is 36.4 Å². The Morgan fingerprint density at radius 3 is 2.21 bits per heavy atom. The summed E-state index contributed by atoms with van der Waals surface area (Å²) in [6, 6.07) is 12.6. The monoisotopic (exact) mass is 325 g/mol. The fourth-order valence-electron chi connectivity index (χ4n) is 3.60. The van der Waals surface area contributed by atoms with Crippen molar-refractivity contribution in [1.29, 1.82) is 0 Å². The number of anilines is 2. The van der Waals surface area contributed by atoms with E-state index in [0.717, 1.165) is 17.0 Å². The first-order valence-electron chi connectivity index (χ1n) is 8.72. The number of nitrogens with two attached hydrogens (primary N) is 2. The van der Waals surface area contributed by atoms with Gasteiger partial charge in [-0.05, 0) is 47.9 Å². The smallest absolute Gasteiger partial charge is 0.172 e. The van der Waals surface area contributed by atoms with Gasteiger partial charge in [-0.25, -0.2) is 0 Å². The van der Waals surface area contributed by atoms with Gasteiger partial charge in [0, 0.05) is 12.6 Å². The standard InChI is InChI=1S/C20H27N3O/c1-13-3-5-14(6-4-13)15-7-9-16(10-8-15)17-11-12-18(24-23-2)20(22)19(17)21/h7-14,23H,3-6,21-22H2,1-2H3. The zero-order valence-corrected chi connectivity index (χ0v) is 14.5. The minimum Gasteiger partial charge on any atom is -0.407 e. The van der Waals surface area contributed by atoms with Gasteiger partial charge in [0.1, 0.15) is 5.69 Å². The second-order valence-electron chi connectivity index (χ2n) is 6.82. The summed E-state index contributed by atoms with van der Waals surface area (Å²) in [6.07, 6.45) is 5.27. The van der Waals surface area contributed by atoms with Crippen molar-refractivity contribution in [2.75, 3.05) is 18.5 Å². The number of rotatable bonds is 4. The maximum atomic E-state index is 6.21. The van der Waals surface area contributed by atoms with Crippen LogP contribution in [0, 0.1) is 5.92 Å². The Balaban J connectivity index is 1.82. The van der Waals surface area contributed by atoms with Gasteiger partial charge in [0.05, 0.1) is 5.69 Å². The Bertz CT molecular complexity index is 689. The van der Waals surface area contributed by atoms with Crippen molar-refractivity contribution in [2.24, 2.45) is 5.92 Å². The van der Waals surface area contributed by atoms with E-state index in [1.807, 2.05) is 12.1 Å². The molecule has 4 nitrogen and oxygen atoms in total. The Morgan fingerprint density at radius 1 is 0.917 bits per heavy atom. The van der Waals surface area contributed by atoms with Gasteiger partial charge in [0.2, 0.25) is 0 Å². The fourth-order valence-corrected chi connectivity index (χ4v) is 3.60. The molecule has 0 saturated heterocycles. The van der Waals surface area contributed by atoms with Crippen LogP contribution >= 0.6 is 0 Å². The number of hydroxylamine groups is 1. The van der Waals surface area contributed by atoms with E-state index in [2.05, 4.69) is 36.7 Å². The molecule has 1 saturated carbocycles. The van der Waals surface area contributed by atoms with Crippen LogP contribution < -0.4 is 21.8 Å². The summed E-state index contributed by atoms with van der Waals surface area (Å²) in [5, 5.41) is 0. The summed E-state index contributed by atoms with van der Waals surface area (Å²) < 4.78 is 0. The van der Waals surface area contributed by atoms with Gasteiger partial charge >= 0.3 is 0 Å². The third kappa shape index (κ3) is 3.34. The molecule has 1 aliphatic rings.